The normalized spacial score (nSPS) is 16.0. The number of amides is 1. The minimum atomic E-state index is -3.57. The van der Waals surface area contributed by atoms with Crippen molar-refractivity contribution in [3.8, 4) is 0 Å². The number of anilines is 2. The molecule has 0 fully saturated rings. The van der Waals surface area contributed by atoms with Crippen LogP contribution in [-0.2, 0) is 27.7 Å². The van der Waals surface area contributed by atoms with Crippen LogP contribution in [0, 0.1) is 0 Å². The molecule has 1 atom stereocenters. The number of nitrogens with zero attached hydrogens (tertiary/aromatic N) is 1. The van der Waals surface area contributed by atoms with E-state index in [1.807, 2.05) is 23.1 Å². The first-order chi connectivity index (χ1) is 13.4. The highest BCUT2D eigenvalue weighted by molar-refractivity contribution is 7.94. The largest absolute Gasteiger partial charge is 0.309 e. The maximum absolute atomic E-state index is 12.9. The molecule has 1 N–H and O–H groups in total. The van der Waals surface area contributed by atoms with Gasteiger partial charge in [0.1, 0.15) is 4.21 Å². The van der Waals surface area contributed by atoms with Gasteiger partial charge in [0.2, 0.25) is 5.91 Å². The Balaban J connectivity index is 1.46. The van der Waals surface area contributed by atoms with E-state index in [0.29, 0.717) is 5.69 Å². The van der Waals surface area contributed by atoms with Gasteiger partial charge in [0.25, 0.3) is 10.0 Å². The fourth-order valence-electron chi connectivity index (χ4n) is 3.52. The average molecular weight is 413 g/mol. The molecule has 1 aromatic heterocycles. The lowest BCUT2D eigenvalue weighted by Crippen LogP contribution is -2.36. The minimum absolute atomic E-state index is 0.0457. The third kappa shape index (κ3) is 3.68. The number of para-hydroxylation sites is 1. The van der Waals surface area contributed by atoms with Gasteiger partial charge < -0.3 is 4.90 Å². The number of thiophene rings is 1. The topological polar surface area (TPSA) is 66.5 Å². The van der Waals surface area contributed by atoms with Gasteiger partial charge in [-0.3, -0.25) is 9.52 Å². The van der Waals surface area contributed by atoms with Gasteiger partial charge in [-0.1, -0.05) is 36.4 Å². The van der Waals surface area contributed by atoms with Gasteiger partial charge in [0, 0.05) is 17.4 Å². The first-order valence-corrected chi connectivity index (χ1v) is 11.4. The first kappa shape index (κ1) is 18.7. The third-order valence-corrected chi connectivity index (χ3v) is 7.58. The van der Waals surface area contributed by atoms with Gasteiger partial charge in [-0.15, -0.1) is 11.3 Å². The van der Waals surface area contributed by atoms with Crippen LogP contribution in [0.15, 0.2) is 70.3 Å². The Hall–Kier alpha value is -2.64. The summed E-state index contributed by atoms with van der Waals surface area (Å²) >= 11 is 1.17. The average Bonchev–Trinajstić information content (AvgIpc) is 3.30. The Labute approximate surface area is 168 Å². The zero-order valence-electron chi connectivity index (χ0n) is 15.3. The monoisotopic (exact) mass is 412 g/mol. The number of sulfonamides is 1. The Morgan fingerprint density at radius 2 is 1.86 bits per heavy atom. The molecule has 0 aliphatic carbocycles. The molecule has 144 valence electrons. The zero-order chi connectivity index (χ0) is 19.7. The summed E-state index contributed by atoms with van der Waals surface area (Å²) in [5.41, 5.74) is 3.51. The van der Waals surface area contributed by atoms with Crippen LogP contribution in [-0.4, -0.2) is 20.4 Å². The number of fused-ring (bicyclic) bond motifs is 1. The Morgan fingerprint density at radius 3 is 2.57 bits per heavy atom. The summed E-state index contributed by atoms with van der Waals surface area (Å²) in [4.78, 5) is 14.7. The fraction of sp³-hybridized carbons (Fsp3) is 0.190. The number of benzene rings is 2. The standard InChI is InChI=1S/C21H20N2O3S2/c1-15-13-17-5-2-3-6-19(17)23(15)20(24)14-16-8-10-18(11-9-16)22-28(25,26)21-7-4-12-27-21/h2-12,15,22H,13-14H2,1H3. The van der Waals surface area contributed by atoms with E-state index < -0.39 is 10.0 Å². The van der Waals surface area contributed by atoms with Crippen LogP contribution in [0.5, 0.6) is 0 Å². The highest BCUT2D eigenvalue weighted by Gasteiger charge is 2.30. The van der Waals surface area contributed by atoms with Crippen LogP contribution in [0.3, 0.4) is 0 Å². The molecule has 1 aliphatic heterocycles. The fourth-order valence-corrected chi connectivity index (χ4v) is 5.57. The molecule has 2 heterocycles. The summed E-state index contributed by atoms with van der Waals surface area (Å²) in [6.07, 6.45) is 1.14. The second-order valence-corrected chi connectivity index (χ2v) is 9.71. The Bertz CT molecular complexity index is 1090. The lowest BCUT2D eigenvalue weighted by atomic mass is 10.1. The van der Waals surface area contributed by atoms with E-state index >= 15 is 0 Å². The number of carbonyl (C=O) groups is 1. The highest BCUT2D eigenvalue weighted by atomic mass is 32.2. The Kier molecular flexibility index (Phi) is 4.95. The summed E-state index contributed by atoms with van der Waals surface area (Å²) in [7, 11) is -3.57. The van der Waals surface area contributed by atoms with Gasteiger partial charge in [-0.05, 0) is 54.1 Å². The van der Waals surface area contributed by atoms with Gasteiger partial charge in [-0.2, -0.15) is 0 Å². The van der Waals surface area contributed by atoms with Crippen molar-refractivity contribution in [1.29, 1.82) is 0 Å². The first-order valence-electron chi connectivity index (χ1n) is 8.99. The number of nitrogens with one attached hydrogen (secondary N) is 1. The van der Waals surface area contributed by atoms with Crippen molar-refractivity contribution in [2.24, 2.45) is 0 Å². The van der Waals surface area contributed by atoms with Crippen LogP contribution >= 0.6 is 11.3 Å². The lowest BCUT2D eigenvalue weighted by molar-refractivity contribution is -0.118. The highest BCUT2D eigenvalue weighted by Crippen LogP contribution is 2.32. The van der Waals surface area contributed by atoms with Crippen molar-refractivity contribution >= 4 is 38.6 Å². The Morgan fingerprint density at radius 1 is 1.11 bits per heavy atom. The van der Waals surface area contributed by atoms with E-state index in [9.17, 15) is 13.2 Å². The molecule has 0 saturated heterocycles. The molecule has 0 radical (unpaired) electrons. The van der Waals surface area contributed by atoms with E-state index in [0.717, 1.165) is 17.7 Å². The van der Waals surface area contributed by atoms with Crippen LogP contribution in [0.4, 0.5) is 11.4 Å². The summed E-state index contributed by atoms with van der Waals surface area (Å²) in [5, 5.41) is 1.72. The number of carbonyl (C=O) groups excluding carboxylic acids is 1. The second kappa shape index (κ2) is 7.41. The van der Waals surface area contributed by atoms with E-state index in [-0.39, 0.29) is 22.6 Å². The molecule has 2 aromatic carbocycles. The predicted molar refractivity (Wildman–Crippen MR) is 112 cm³/mol. The van der Waals surface area contributed by atoms with Crippen molar-refractivity contribution in [2.45, 2.75) is 30.0 Å². The smallest absolute Gasteiger partial charge is 0.271 e. The third-order valence-electron chi connectivity index (χ3n) is 4.80. The minimum Gasteiger partial charge on any atom is -0.309 e. The number of hydrogen-bond donors (Lipinski definition) is 1. The molecule has 0 spiro atoms. The molecule has 1 unspecified atom stereocenters. The van der Waals surface area contributed by atoms with E-state index in [4.69, 9.17) is 0 Å². The van der Waals surface area contributed by atoms with Crippen molar-refractivity contribution in [3.63, 3.8) is 0 Å². The molecule has 4 rings (SSSR count). The van der Waals surface area contributed by atoms with E-state index in [2.05, 4.69) is 17.7 Å². The molecule has 1 aliphatic rings. The maximum atomic E-state index is 12.9. The maximum Gasteiger partial charge on any atom is 0.271 e. The molecule has 0 saturated carbocycles. The van der Waals surface area contributed by atoms with Crippen molar-refractivity contribution < 1.29 is 13.2 Å². The van der Waals surface area contributed by atoms with Gasteiger partial charge >= 0.3 is 0 Å². The molecule has 28 heavy (non-hydrogen) atoms. The van der Waals surface area contributed by atoms with Crippen molar-refractivity contribution in [2.75, 3.05) is 9.62 Å². The molecule has 7 heteroatoms. The van der Waals surface area contributed by atoms with Crippen LogP contribution in [0.1, 0.15) is 18.1 Å². The number of rotatable bonds is 5. The SMILES string of the molecule is CC1Cc2ccccc2N1C(=O)Cc1ccc(NS(=O)(=O)c2cccs2)cc1. The van der Waals surface area contributed by atoms with Crippen LogP contribution in [0.25, 0.3) is 0 Å². The van der Waals surface area contributed by atoms with Crippen LogP contribution < -0.4 is 9.62 Å². The zero-order valence-corrected chi connectivity index (χ0v) is 17.0. The molecular weight excluding hydrogens is 392 g/mol. The second-order valence-electron chi connectivity index (χ2n) is 6.86. The molecule has 1 amide bonds. The summed E-state index contributed by atoms with van der Waals surface area (Å²) in [5.74, 6) is 0.0457. The predicted octanol–water partition coefficient (Wildman–Crippen LogP) is 4.07. The van der Waals surface area contributed by atoms with E-state index in [1.165, 1.54) is 16.9 Å². The van der Waals surface area contributed by atoms with Crippen molar-refractivity contribution in [1.82, 2.24) is 0 Å². The quantitative estimate of drug-likeness (QED) is 0.687. The molecule has 3 aromatic rings. The molecular formula is C21H20N2O3S2. The van der Waals surface area contributed by atoms with Gasteiger partial charge in [-0.25, -0.2) is 8.42 Å². The molecule has 5 nitrogen and oxygen atoms in total. The van der Waals surface area contributed by atoms with Gasteiger partial charge in [0.15, 0.2) is 0 Å². The van der Waals surface area contributed by atoms with Crippen LogP contribution in [0.2, 0.25) is 0 Å². The lowest BCUT2D eigenvalue weighted by Gasteiger charge is -2.23. The summed E-state index contributed by atoms with van der Waals surface area (Å²) in [6.45, 7) is 2.06. The summed E-state index contributed by atoms with van der Waals surface area (Å²) < 4.78 is 27.4. The summed E-state index contributed by atoms with van der Waals surface area (Å²) in [6, 6.07) is 18.4. The molecule has 0 bridgehead atoms. The van der Waals surface area contributed by atoms with Gasteiger partial charge in [0.05, 0.1) is 6.42 Å². The number of hydrogen-bond acceptors (Lipinski definition) is 4. The van der Waals surface area contributed by atoms with Crippen molar-refractivity contribution in [3.05, 3.63) is 77.2 Å². The van der Waals surface area contributed by atoms with E-state index in [1.54, 1.807) is 41.8 Å².